The van der Waals surface area contributed by atoms with Gasteiger partial charge in [-0.15, -0.1) is 10.2 Å². The molecule has 2 aromatic heterocycles. The second kappa shape index (κ2) is 9.96. The maximum absolute atomic E-state index is 13.4. The summed E-state index contributed by atoms with van der Waals surface area (Å²) in [6, 6.07) is 15.9. The third kappa shape index (κ3) is 4.84. The van der Waals surface area contributed by atoms with Crippen molar-refractivity contribution in [2.45, 2.75) is 31.7 Å². The van der Waals surface area contributed by atoms with E-state index in [1.54, 1.807) is 12.1 Å². The number of ether oxygens (including phenoxy) is 1. The summed E-state index contributed by atoms with van der Waals surface area (Å²) in [5, 5.41) is 9.34. The average Bonchev–Trinajstić information content (AvgIpc) is 3.49. The topological polar surface area (TPSA) is 108 Å². The van der Waals surface area contributed by atoms with Gasteiger partial charge in [-0.25, -0.2) is 8.42 Å². The highest BCUT2D eigenvalue weighted by molar-refractivity contribution is 7.89. The van der Waals surface area contributed by atoms with Gasteiger partial charge in [0.2, 0.25) is 15.9 Å². The van der Waals surface area contributed by atoms with E-state index in [1.807, 2.05) is 34.9 Å². The van der Waals surface area contributed by atoms with Gasteiger partial charge in [0.1, 0.15) is 5.69 Å². The number of benzene rings is 2. The lowest BCUT2D eigenvalue weighted by Gasteiger charge is -2.26. The third-order valence-electron chi connectivity index (χ3n) is 6.14. The first-order chi connectivity index (χ1) is 17.3. The molecule has 188 valence electrons. The second-order valence-corrected chi connectivity index (χ2v) is 11.2. The normalized spacial score (nSPS) is 15.1. The van der Waals surface area contributed by atoms with Crippen LogP contribution in [0.1, 0.15) is 30.1 Å². The summed E-state index contributed by atoms with van der Waals surface area (Å²) in [5.41, 5.74) is 1.81. The van der Waals surface area contributed by atoms with Gasteiger partial charge < -0.3 is 13.7 Å². The number of fused-ring (bicyclic) bond motifs is 1. The van der Waals surface area contributed by atoms with Crippen LogP contribution in [-0.2, 0) is 27.7 Å². The molecular weight excluding hydrogens is 480 g/mol. The number of ketones is 1. The molecule has 0 atom stereocenters. The van der Waals surface area contributed by atoms with Crippen LogP contribution in [0.15, 0.2) is 63.9 Å². The Morgan fingerprint density at radius 1 is 1.03 bits per heavy atom. The van der Waals surface area contributed by atoms with E-state index in [1.165, 1.54) is 16.4 Å². The highest BCUT2D eigenvalue weighted by atomic mass is 32.2. The zero-order valence-electron chi connectivity index (χ0n) is 20.3. The maximum atomic E-state index is 13.4. The molecule has 1 fully saturated rings. The van der Waals surface area contributed by atoms with Crippen LogP contribution >= 0.6 is 0 Å². The van der Waals surface area contributed by atoms with E-state index < -0.39 is 10.0 Å². The lowest BCUT2D eigenvalue weighted by Crippen LogP contribution is -2.40. The van der Waals surface area contributed by atoms with Gasteiger partial charge in [-0.2, -0.15) is 4.31 Å². The number of para-hydroxylation sites is 1. The Morgan fingerprint density at radius 3 is 2.58 bits per heavy atom. The minimum atomic E-state index is -3.71. The quantitative estimate of drug-likeness (QED) is 0.333. The zero-order chi connectivity index (χ0) is 25.3. The van der Waals surface area contributed by atoms with Crippen LogP contribution in [-0.4, -0.2) is 59.6 Å². The fourth-order valence-corrected chi connectivity index (χ4v) is 5.80. The number of carbonyl (C=O) groups excluding carboxylic acids is 1. The van der Waals surface area contributed by atoms with E-state index in [-0.39, 0.29) is 17.2 Å². The average molecular weight is 509 g/mol. The molecule has 0 bridgehead atoms. The fraction of sp³-hybridized carbons (Fsp3) is 0.346. The third-order valence-corrected chi connectivity index (χ3v) is 8.04. The molecule has 1 aliphatic rings. The van der Waals surface area contributed by atoms with Crippen LogP contribution in [0.4, 0.5) is 0 Å². The molecule has 0 spiro atoms. The Balaban J connectivity index is 1.47. The van der Waals surface area contributed by atoms with Crippen LogP contribution in [0.5, 0.6) is 0 Å². The van der Waals surface area contributed by atoms with E-state index in [0.29, 0.717) is 61.7 Å². The molecule has 0 saturated carbocycles. The Bertz CT molecular complexity index is 1500. The van der Waals surface area contributed by atoms with Crippen molar-refractivity contribution in [3.05, 3.63) is 66.1 Å². The molecule has 0 radical (unpaired) electrons. The maximum Gasteiger partial charge on any atom is 0.264 e. The Kier molecular flexibility index (Phi) is 6.74. The SMILES string of the molecule is CC(C)Cc1nnc(-c2cc3ccccc3n2CC(=O)c2cccc(S(=O)(=O)N3CCOCC3)c2)o1. The van der Waals surface area contributed by atoms with Gasteiger partial charge in [0, 0.05) is 36.0 Å². The highest BCUT2D eigenvalue weighted by Crippen LogP contribution is 2.29. The van der Waals surface area contributed by atoms with Crippen molar-refractivity contribution in [3.63, 3.8) is 0 Å². The molecule has 3 heterocycles. The number of aromatic nitrogens is 3. The lowest BCUT2D eigenvalue weighted by molar-refractivity contribution is 0.0730. The van der Waals surface area contributed by atoms with Crippen molar-refractivity contribution in [1.29, 1.82) is 0 Å². The van der Waals surface area contributed by atoms with E-state index in [9.17, 15) is 13.2 Å². The molecule has 36 heavy (non-hydrogen) atoms. The molecule has 1 aliphatic heterocycles. The summed E-state index contributed by atoms with van der Waals surface area (Å²) >= 11 is 0. The number of rotatable bonds is 8. The smallest absolute Gasteiger partial charge is 0.264 e. The monoisotopic (exact) mass is 508 g/mol. The summed E-state index contributed by atoms with van der Waals surface area (Å²) < 4.78 is 40.6. The predicted octanol–water partition coefficient (Wildman–Crippen LogP) is 3.79. The van der Waals surface area contributed by atoms with Crippen LogP contribution in [0.3, 0.4) is 0 Å². The molecule has 0 aliphatic carbocycles. The van der Waals surface area contributed by atoms with Gasteiger partial charge in [0.15, 0.2) is 5.78 Å². The number of nitrogens with zero attached hydrogens (tertiary/aromatic N) is 4. The number of Topliss-reactive ketones (excluding diaryl/α,β-unsaturated/α-hetero) is 1. The van der Waals surface area contributed by atoms with Crippen LogP contribution in [0.2, 0.25) is 0 Å². The van der Waals surface area contributed by atoms with E-state index in [0.717, 1.165) is 10.9 Å². The number of hydrogen-bond donors (Lipinski definition) is 0. The molecule has 4 aromatic rings. The van der Waals surface area contributed by atoms with E-state index >= 15 is 0 Å². The minimum absolute atomic E-state index is 0.00814. The second-order valence-electron chi connectivity index (χ2n) is 9.24. The summed E-state index contributed by atoms with van der Waals surface area (Å²) in [4.78, 5) is 13.5. The highest BCUT2D eigenvalue weighted by Gasteiger charge is 2.27. The molecule has 1 saturated heterocycles. The van der Waals surface area contributed by atoms with Crippen molar-refractivity contribution in [2.24, 2.45) is 5.92 Å². The standard InChI is InChI=1S/C26H28N4O5S/c1-18(2)14-25-27-28-26(35-25)23-16-19-6-3-4-9-22(19)30(23)17-24(31)20-7-5-8-21(15-20)36(32,33)29-10-12-34-13-11-29/h3-9,15-16,18H,10-14,17H2,1-2H3. The van der Waals surface area contributed by atoms with Gasteiger partial charge in [0.25, 0.3) is 5.89 Å². The van der Waals surface area contributed by atoms with E-state index in [2.05, 4.69) is 24.0 Å². The van der Waals surface area contributed by atoms with Crippen molar-refractivity contribution in [1.82, 2.24) is 19.1 Å². The van der Waals surface area contributed by atoms with Gasteiger partial charge >= 0.3 is 0 Å². The molecule has 5 rings (SSSR count). The number of carbonyl (C=O) groups is 1. The van der Waals surface area contributed by atoms with Crippen LogP contribution in [0.25, 0.3) is 22.5 Å². The fourth-order valence-electron chi connectivity index (χ4n) is 4.35. The summed E-state index contributed by atoms with van der Waals surface area (Å²) in [5.74, 6) is 1.03. The lowest BCUT2D eigenvalue weighted by atomic mass is 10.1. The molecule has 10 heteroatoms. The Labute approximate surface area is 209 Å². The van der Waals surface area contributed by atoms with E-state index in [4.69, 9.17) is 9.15 Å². The summed E-state index contributed by atoms with van der Waals surface area (Å²) in [6.45, 7) is 5.45. The van der Waals surface area contributed by atoms with Gasteiger partial charge in [-0.05, 0) is 30.2 Å². The molecule has 9 nitrogen and oxygen atoms in total. The number of morpholine rings is 1. The van der Waals surface area contributed by atoms with Gasteiger partial charge in [-0.3, -0.25) is 4.79 Å². The first-order valence-corrected chi connectivity index (χ1v) is 13.4. The van der Waals surface area contributed by atoms with Crippen molar-refractivity contribution >= 4 is 26.7 Å². The largest absolute Gasteiger partial charge is 0.419 e. The Morgan fingerprint density at radius 2 is 1.81 bits per heavy atom. The molecule has 0 N–H and O–H groups in total. The van der Waals surface area contributed by atoms with Gasteiger partial charge in [-0.1, -0.05) is 44.2 Å². The first kappa shape index (κ1) is 24.4. The predicted molar refractivity (Wildman–Crippen MR) is 134 cm³/mol. The number of hydrogen-bond acceptors (Lipinski definition) is 7. The zero-order valence-corrected chi connectivity index (χ0v) is 21.1. The van der Waals surface area contributed by atoms with Crippen LogP contribution < -0.4 is 0 Å². The van der Waals surface area contributed by atoms with Crippen molar-refractivity contribution in [2.75, 3.05) is 26.3 Å². The van der Waals surface area contributed by atoms with Crippen molar-refractivity contribution in [3.8, 4) is 11.6 Å². The molecule has 0 amide bonds. The first-order valence-electron chi connectivity index (χ1n) is 11.9. The van der Waals surface area contributed by atoms with Crippen molar-refractivity contribution < 1.29 is 22.4 Å². The van der Waals surface area contributed by atoms with Gasteiger partial charge in [0.05, 0.1) is 24.7 Å². The molecule has 2 aromatic carbocycles. The van der Waals surface area contributed by atoms with Crippen LogP contribution in [0, 0.1) is 5.92 Å². The Hall–Kier alpha value is -3.34. The number of sulfonamides is 1. The molecule has 0 unspecified atom stereocenters. The minimum Gasteiger partial charge on any atom is -0.419 e. The summed E-state index contributed by atoms with van der Waals surface area (Å²) in [6.07, 6.45) is 0.663. The summed E-state index contributed by atoms with van der Waals surface area (Å²) in [7, 11) is -3.71. The molecular formula is C26H28N4O5S.